The molecule has 360 valence electrons. The summed E-state index contributed by atoms with van der Waals surface area (Å²) in [5.74, 6) is 3.72. The van der Waals surface area contributed by atoms with Crippen molar-refractivity contribution in [1.82, 2.24) is 0 Å². The Hall–Kier alpha value is -2.09. The highest BCUT2D eigenvalue weighted by Gasteiger charge is 2.41. The van der Waals surface area contributed by atoms with Crippen molar-refractivity contribution in [3.05, 3.63) is 144 Å². The van der Waals surface area contributed by atoms with Crippen LogP contribution in [0.15, 0.2) is 121 Å². The molecule has 0 fully saturated rings. The Bertz CT molecular complexity index is 1980. The predicted octanol–water partition coefficient (Wildman–Crippen LogP) is 13.0. The summed E-state index contributed by atoms with van der Waals surface area (Å²) < 4.78 is 62.3. The summed E-state index contributed by atoms with van der Waals surface area (Å²) in [4.78, 5) is 19.6. The molecule has 0 saturated heterocycles. The fourth-order valence-electron chi connectivity index (χ4n) is 8.16. The average Bonchev–Trinajstić information content (AvgIpc) is 3.25. The van der Waals surface area contributed by atoms with Gasteiger partial charge in [-0.2, -0.15) is 23.5 Å². The highest BCUT2D eigenvalue weighted by atomic mass is 32.2. The Kier molecular flexibility index (Phi) is 22.2. The van der Waals surface area contributed by atoms with Crippen LogP contribution in [-0.2, 0) is 54.2 Å². The summed E-state index contributed by atoms with van der Waals surface area (Å²) in [7, 11) is -12.5. The maximum Gasteiger partial charge on any atom is 0.404 e. The van der Waals surface area contributed by atoms with Crippen molar-refractivity contribution in [1.29, 1.82) is 0 Å². The molecule has 0 spiro atoms. The molecular weight excluding hydrogens is 920 g/mol. The summed E-state index contributed by atoms with van der Waals surface area (Å²) in [5, 5.41) is 0. The molecule has 0 aliphatic carbocycles. The lowest BCUT2D eigenvalue weighted by atomic mass is 9.91. The van der Waals surface area contributed by atoms with E-state index < -0.39 is 45.6 Å². The molecule has 8 N–H and O–H groups in total. The maximum atomic E-state index is 14.4. The molecule has 6 unspecified atom stereocenters. The Morgan fingerprint density at radius 3 is 0.831 bits per heavy atom. The molecule has 4 aromatic rings. The topological polar surface area (TPSA) is 207 Å². The van der Waals surface area contributed by atoms with Gasteiger partial charge >= 0.3 is 23.2 Å². The molecular formula is C48H72N3O9P3S2. The molecule has 0 saturated carbocycles. The fraction of sp³-hybridized carbons (Fsp3) is 0.500. The van der Waals surface area contributed by atoms with Gasteiger partial charge < -0.3 is 9.79 Å². The van der Waals surface area contributed by atoms with Gasteiger partial charge in [-0.15, -0.1) is 0 Å². The zero-order valence-corrected chi connectivity index (χ0v) is 42.8. The summed E-state index contributed by atoms with van der Waals surface area (Å²) >= 11 is 3.71. The van der Waals surface area contributed by atoms with E-state index in [0.29, 0.717) is 25.7 Å². The minimum atomic E-state index is -4.19. The number of nitrogens with two attached hydrogens (primary N) is 3. The van der Waals surface area contributed by atoms with E-state index in [4.69, 9.17) is 34.6 Å². The van der Waals surface area contributed by atoms with Crippen LogP contribution in [0.1, 0.15) is 127 Å². The molecule has 12 nitrogen and oxygen atoms in total. The Labute approximate surface area is 396 Å². The minimum Gasteiger partial charge on any atom is -0.313 e. The van der Waals surface area contributed by atoms with Gasteiger partial charge in [0.2, 0.25) is 0 Å². The van der Waals surface area contributed by atoms with Gasteiger partial charge in [0.1, 0.15) is 22.4 Å². The first-order chi connectivity index (χ1) is 30.7. The predicted molar refractivity (Wildman–Crippen MR) is 269 cm³/mol. The fourth-order valence-corrected chi connectivity index (χ4v) is 13.3. The van der Waals surface area contributed by atoms with Gasteiger partial charge in [-0.25, -0.2) is 30.2 Å². The Morgan fingerprint density at radius 2 is 0.615 bits per heavy atom. The van der Waals surface area contributed by atoms with E-state index in [1.165, 1.54) is 0 Å². The van der Waals surface area contributed by atoms with Gasteiger partial charge in [0, 0.05) is 0 Å². The first-order valence-electron chi connectivity index (χ1n) is 22.5. The summed E-state index contributed by atoms with van der Waals surface area (Å²) in [5.41, 5.74) is 16.9. The Morgan fingerprint density at radius 1 is 0.400 bits per heavy atom. The van der Waals surface area contributed by atoms with Crippen molar-refractivity contribution in [3.8, 4) is 0 Å². The van der Waals surface area contributed by atoms with Gasteiger partial charge in [0.25, 0.3) is 0 Å². The normalized spacial score (nSPS) is 18.5. The SMILES string of the molecule is CC(CCCCSCCCCC(C)(OP(N)(=O)OC(C)(CCCCSCCCCC(C)(OP(N)(=O)O)c1ccccc1)c1ccccc1)c1ccccc1)(OP(N)(=O)O)c1ccccc1. The van der Waals surface area contributed by atoms with Gasteiger partial charge in [-0.1, -0.05) is 121 Å². The van der Waals surface area contributed by atoms with Gasteiger partial charge in [-0.05, 0) is 150 Å². The molecule has 0 aliphatic rings. The summed E-state index contributed by atoms with van der Waals surface area (Å²) in [6, 6.07) is 38.3. The zero-order chi connectivity index (χ0) is 47.5. The van der Waals surface area contributed by atoms with E-state index in [-0.39, 0.29) is 0 Å². The highest BCUT2D eigenvalue weighted by molar-refractivity contribution is 7.99. The first-order valence-corrected chi connectivity index (χ1v) is 29.7. The van der Waals surface area contributed by atoms with Crippen molar-refractivity contribution < 1.29 is 41.6 Å². The molecule has 4 rings (SSSR count). The maximum absolute atomic E-state index is 14.4. The quantitative estimate of drug-likeness (QED) is 0.0228. The average molecular weight is 992 g/mol. The van der Waals surface area contributed by atoms with Gasteiger partial charge in [0.15, 0.2) is 0 Å². The minimum absolute atomic E-state index is 0.556. The highest BCUT2D eigenvalue weighted by Crippen LogP contribution is 2.55. The molecule has 0 aromatic heterocycles. The van der Waals surface area contributed by atoms with E-state index in [1.54, 1.807) is 0 Å². The zero-order valence-electron chi connectivity index (χ0n) is 38.5. The van der Waals surface area contributed by atoms with E-state index in [9.17, 15) is 23.5 Å². The standard InChI is InChI=1S/C48H72N3O9P3S2/c1-45(57-61(49,52)53,41-25-9-5-10-26-41)33-17-21-37-64-39-23-19-35-47(3,43-29-13-7-14-30-43)59-63(51,56)60-48(4,44-31-15-8-16-32-44)36-20-24-40-65-38-22-18-34-46(2,58-62(50,54)55)42-27-11-6-12-28-42/h5-16,25-32H,17-24,33-40H2,1-4H3,(H2,51,56)(H3,49,52,53)(H3,50,54,55). The second kappa shape index (κ2) is 26.0. The molecule has 17 heteroatoms. The lowest BCUT2D eigenvalue weighted by molar-refractivity contribution is 0.00144. The third-order valence-corrected chi connectivity index (χ3v) is 16.6. The van der Waals surface area contributed by atoms with Crippen LogP contribution in [0.2, 0.25) is 0 Å². The van der Waals surface area contributed by atoms with E-state index in [2.05, 4.69) is 0 Å². The smallest absolute Gasteiger partial charge is 0.313 e. The monoisotopic (exact) mass is 991 g/mol. The Balaban J connectivity index is 1.26. The van der Waals surface area contributed by atoms with Crippen LogP contribution >= 0.6 is 46.8 Å². The molecule has 65 heavy (non-hydrogen) atoms. The number of hydrogen-bond donors (Lipinski definition) is 5. The molecule has 4 aromatic carbocycles. The van der Waals surface area contributed by atoms with Crippen molar-refractivity contribution in [2.24, 2.45) is 16.5 Å². The van der Waals surface area contributed by atoms with Crippen LogP contribution in [0.3, 0.4) is 0 Å². The van der Waals surface area contributed by atoms with Crippen molar-refractivity contribution >= 4 is 46.8 Å². The molecule has 6 atom stereocenters. The second-order valence-corrected chi connectivity index (χ2v) is 24.0. The molecule has 0 heterocycles. The van der Waals surface area contributed by atoms with E-state index in [0.717, 1.165) is 96.6 Å². The molecule has 0 bridgehead atoms. The number of rotatable bonds is 32. The van der Waals surface area contributed by atoms with Gasteiger partial charge in [-0.3, -0.25) is 18.1 Å². The summed E-state index contributed by atoms with van der Waals surface area (Å²) in [6.45, 7) is 7.49. The summed E-state index contributed by atoms with van der Waals surface area (Å²) in [6.07, 6.45) is 9.16. The van der Waals surface area contributed by atoms with Crippen molar-refractivity contribution in [2.75, 3.05) is 23.0 Å². The molecule has 0 radical (unpaired) electrons. The van der Waals surface area contributed by atoms with Crippen LogP contribution in [0.5, 0.6) is 0 Å². The molecule has 0 aliphatic heterocycles. The lowest BCUT2D eigenvalue weighted by Gasteiger charge is -2.37. The number of hydrogen-bond acceptors (Lipinski definition) is 9. The number of benzene rings is 4. The van der Waals surface area contributed by atoms with E-state index in [1.807, 2.05) is 173 Å². The van der Waals surface area contributed by atoms with E-state index >= 15 is 0 Å². The van der Waals surface area contributed by atoms with Crippen molar-refractivity contribution in [3.63, 3.8) is 0 Å². The van der Waals surface area contributed by atoms with Crippen molar-refractivity contribution in [2.45, 2.75) is 127 Å². The van der Waals surface area contributed by atoms with Crippen LogP contribution in [0.25, 0.3) is 0 Å². The van der Waals surface area contributed by atoms with Crippen LogP contribution < -0.4 is 16.5 Å². The van der Waals surface area contributed by atoms with Gasteiger partial charge in [0.05, 0.1) is 0 Å². The first kappa shape index (κ1) is 55.5. The number of unbranched alkanes of at least 4 members (excludes halogenated alkanes) is 4. The third kappa shape index (κ3) is 19.8. The van der Waals surface area contributed by atoms with Crippen LogP contribution in [0, 0.1) is 0 Å². The van der Waals surface area contributed by atoms with Crippen LogP contribution in [-0.4, -0.2) is 32.8 Å². The van der Waals surface area contributed by atoms with Crippen LogP contribution in [0.4, 0.5) is 0 Å². The number of thioether (sulfide) groups is 2. The third-order valence-electron chi connectivity index (χ3n) is 11.6. The second-order valence-electron chi connectivity index (χ2n) is 17.5. The largest absolute Gasteiger partial charge is 0.404 e. The molecule has 0 amide bonds. The lowest BCUT2D eigenvalue weighted by Crippen LogP contribution is -2.32.